The van der Waals surface area contributed by atoms with Crippen molar-refractivity contribution in [2.45, 2.75) is 26.7 Å². The van der Waals surface area contributed by atoms with Gasteiger partial charge in [-0.3, -0.25) is 25.0 Å². The Morgan fingerprint density at radius 1 is 1.21 bits per heavy atom. The molecule has 0 amide bonds. The molecule has 7 nitrogen and oxygen atoms in total. The Bertz CT molecular complexity index is 525. The first kappa shape index (κ1) is 14.7. The third kappa shape index (κ3) is 4.13. The Balaban J connectivity index is 3.04. The quantitative estimate of drug-likeness (QED) is 0.581. The van der Waals surface area contributed by atoms with E-state index < -0.39 is 9.85 Å². The predicted molar refractivity (Wildman–Crippen MR) is 67.9 cm³/mol. The summed E-state index contributed by atoms with van der Waals surface area (Å²) >= 11 is 0. The Labute approximate surface area is 109 Å². The van der Waals surface area contributed by atoms with Crippen LogP contribution in [-0.4, -0.2) is 15.6 Å². The average molecular weight is 266 g/mol. The van der Waals surface area contributed by atoms with Crippen LogP contribution >= 0.6 is 0 Å². The molecule has 102 valence electrons. The van der Waals surface area contributed by atoms with E-state index in [2.05, 4.69) is 0 Å². The van der Waals surface area contributed by atoms with Crippen molar-refractivity contribution in [1.82, 2.24) is 0 Å². The van der Waals surface area contributed by atoms with Gasteiger partial charge in [0.2, 0.25) is 0 Å². The van der Waals surface area contributed by atoms with Crippen molar-refractivity contribution >= 4 is 17.2 Å². The molecule has 0 atom stereocenters. The van der Waals surface area contributed by atoms with Crippen LogP contribution in [-0.2, 0) is 11.2 Å². The van der Waals surface area contributed by atoms with Crippen LogP contribution in [0.4, 0.5) is 11.4 Å². The molecule has 0 unspecified atom stereocenters. The monoisotopic (exact) mass is 266 g/mol. The van der Waals surface area contributed by atoms with Gasteiger partial charge in [-0.2, -0.15) is 0 Å². The van der Waals surface area contributed by atoms with Gasteiger partial charge in [-0.15, -0.1) is 0 Å². The number of rotatable bonds is 6. The van der Waals surface area contributed by atoms with E-state index in [0.29, 0.717) is 6.42 Å². The zero-order valence-corrected chi connectivity index (χ0v) is 10.7. The Morgan fingerprint density at radius 3 is 2.32 bits per heavy atom. The molecule has 19 heavy (non-hydrogen) atoms. The van der Waals surface area contributed by atoms with E-state index in [1.807, 2.05) is 13.8 Å². The van der Waals surface area contributed by atoms with E-state index >= 15 is 0 Å². The largest absolute Gasteiger partial charge is 0.299 e. The van der Waals surface area contributed by atoms with Gasteiger partial charge in [0.05, 0.1) is 15.9 Å². The second-order valence-corrected chi connectivity index (χ2v) is 4.64. The van der Waals surface area contributed by atoms with Gasteiger partial charge in [-0.05, 0) is 12.0 Å². The second kappa shape index (κ2) is 6.03. The second-order valence-electron chi connectivity index (χ2n) is 4.64. The van der Waals surface area contributed by atoms with Gasteiger partial charge >= 0.3 is 0 Å². The van der Waals surface area contributed by atoms with E-state index in [1.54, 1.807) is 0 Å². The Morgan fingerprint density at radius 2 is 1.84 bits per heavy atom. The molecule has 0 saturated heterocycles. The Hall–Kier alpha value is -2.31. The summed E-state index contributed by atoms with van der Waals surface area (Å²) in [6.07, 6.45) is 0.251. The number of Topliss-reactive ketones (excluding diaryl/α,β-unsaturated/α-hetero) is 1. The number of carbonyl (C=O) groups is 1. The molecule has 0 saturated carbocycles. The van der Waals surface area contributed by atoms with Crippen LogP contribution in [0.5, 0.6) is 0 Å². The summed E-state index contributed by atoms with van der Waals surface area (Å²) in [4.78, 5) is 31.7. The van der Waals surface area contributed by atoms with Crippen LogP contribution in [0.1, 0.15) is 25.8 Å². The summed E-state index contributed by atoms with van der Waals surface area (Å²) in [6.45, 7) is 3.75. The molecule has 1 aromatic carbocycles. The molecule has 0 spiro atoms. The summed E-state index contributed by atoms with van der Waals surface area (Å²) in [7, 11) is 0. The number of nitro groups is 2. The third-order valence-corrected chi connectivity index (χ3v) is 2.50. The third-order valence-electron chi connectivity index (χ3n) is 2.50. The lowest BCUT2D eigenvalue weighted by Crippen LogP contribution is -2.08. The first-order valence-electron chi connectivity index (χ1n) is 5.74. The summed E-state index contributed by atoms with van der Waals surface area (Å²) in [6, 6.07) is 3.33. The van der Waals surface area contributed by atoms with Crippen LogP contribution < -0.4 is 0 Å². The molecule has 0 aliphatic carbocycles. The van der Waals surface area contributed by atoms with Crippen LogP contribution in [0.25, 0.3) is 0 Å². The number of ketones is 1. The SMILES string of the molecule is CC(C)CC(=O)Cc1ccc([N+](=O)[O-])cc1[N+](=O)[O-]. The molecule has 1 aromatic rings. The maximum absolute atomic E-state index is 11.7. The summed E-state index contributed by atoms with van der Waals surface area (Å²) < 4.78 is 0. The summed E-state index contributed by atoms with van der Waals surface area (Å²) in [5, 5.41) is 21.4. The number of carbonyl (C=O) groups excluding carboxylic acids is 1. The minimum Gasteiger partial charge on any atom is -0.299 e. The van der Waals surface area contributed by atoms with Crippen molar-refractivity contribution < 1.29 is 14.6 Å². The smallest absolute Gasteiger partial charge is 0.279 e. The molecule has 0 aromatic heterocycles. The van der Waals surface area contributed by atoms with Crippen LogP contribution in [0.2, 0.25) is 0 Å². The molecule has 0 fully saturated rings. The maximum atomic E-state index is 11.7. The lowest BCUT2D eigenvalue weighted by molar-refractivity contribution is -0.394. The van der Waals surface area contributed by atoms with Crippen molar-refractivity contribution in [3.05, 3.63) is 44.0 Å². The number of nitro benzene ring substituents is 2. The topological polar surface area (TPSA) is 103 Å². The lowest BCUT2D eigenvalue weighted by atomic mass is 10.00. The highest BCUT2D eigenvalue weighted by Gasteiger charge is 2.21. The minimum absolute atomic E-state index is 0.0769. The standard InChI is InChI=1S/C12H14N2O5/c1-8(2)5-11(15)6-9-3-4-10(13(16)17)7-12(9)14(18)19/h3-4,7-8H,5-6H2,1-2H3. The van der Waals surface area contributed by atoms with Gasteiger partial charge in [0.1, 0.15) is 5.78 Å². The fourth-order valence-corrected chi connectivity index (χ4v) is 1.73. The zero-order valence-electron chi connectivity index (χ0n) is 10.7. The number of hydrogen-bond donors (Lipinski definition) is 0. The van der Waals surface area contributed by atoms with E-state index in [9.17, 15) is 25.0 Å². The van der Waals surface area contributed by atoms with E-state index in [4.69, 9.17) is 0 Å². The van der Waals surface area contributed by atoms with Crippen LogP contribution in [0, 0.1) is 26.1 Å². The lowest BCUT2D eigenvalue weighted by Gasteiger charge is -2.05. The first-order chi connectivity index (χ1) is 8.81. The molecule has 0 radical (unpaired) electrons. The summed E-state index contributed by atoms with van der Waals surface area (Å²) in [5.41, 5.74) is -0.528. The van der Waals surface area contributed by atoms with Crippen LogP contribution in [0.3, 0.4) is 0 Å². The molecular weight excluding hydrogens is 252 g/mol. The van der Waals surface area contributed by atoms with Gasteiger partial charge < -0.3 is 0 Å². The number of benzene rings is 1. The number of hydrogen-bond acceptors (Lipinski definition) is 5. The molecule has 7 heteroatoms. The van der Waals surface area contributed by atoms with Crippen molar-refractivity contribution in [2.75, 3.05) is 0 Å². The molecule has 0 N–H and O–H groups in total. The normalized spacial score (nSPS) is 10.5. The molecular formula is C12H14N2O5. The van der Waals surface area contributed by atoms with Crippen LogP contribution in [0.15, 0.2) is 18.2 Å². The van der Waals surface area contributed by atoms with Crippen molar-refractivity contribution in [1.29, 1.82) is 0 Å². The van der Waals surface area contributed by atoms with E-state index in [-0.39, 0.29) is 35.1 Å². The fourth-order valence-electron chi connectivity index (χ4n) is 1.73. The van der Waals surface area contributed by atoms with Crippen molar-refractivity contribution in [3.8, 4) is 0 Å². The van der Waals surface area contributed by atoms with Gasteiger partial charge in [-0.1, -0.05) is 13.8 Å². The predicted octanol–water partition coefficient (Wildman–Crippen LogP) is 2.66. The fraction of sp³-hybridized carbons (Fsp3) is 0.417. The highest BCUT2D eigenvalue weighted by atomic mass is 16.6. The number of non-ortho nitro benzene ring substituents is 1. The minimum atomic E-state index is -0.703. The number of nitrogens with zero attached hydrogens (tertiary/aromatic N) is 2. The maximum Gasteiger partial charge on any atom is 0.279 e. The van der Waals surface area contributed by atoms with Gasteiger partial charge in [0.15, 0.2) is 0 Å². The molecule has 0 aliphatic rings. The highest BCUT2D eigenvalue weighted by Crippen LogP contribution is 2.25. The van der Waals surface area contributed by atoms with Gasteiger partial charge in [0.25, 0.3) is 11.4 Å². The Kier molecular flexibility index (Phi) is 4.68. The molecule has 0 heterocycles. The first-order valence-corrected chi connectivity index (χ1v) is 5.74. The van der Waals surface area contributed by atoms with Gasteiger partial charge in [-0.25, -0.2) is 0 Å². The zero-order chi connectivity index (χ0) is 14.6. The van der Waals surface area contributed by atoms with Gasteiger partial charge in [0, 0.05) is 24.5 Å². The summed E-state index contributed by atoms with van der Waals surface area (Å²) in [5.74, 6) is 0.0524. The van der Waals surface area contributed by atoms with Crippen molar-refractivity contribution in [2.24, 2.45) is 5.92 Å². The van der Waals surface area contributed by atoms with E-state index in [0.717, 1.165) is 6.07 Å². The average Bonchev–Trinajstić information content (AvgIpc) is 2.27. The van der Waals surface area contributed by atoms with Crippen molar-refractivity contribution in [3.63, 3.8) is 0 Å². The molecule has 1 rings (SSSR count). The van der Waals surface area contributed by atoms with E-state index in [1.165, 1.54) is 12.1 Å². The molecule has 0 aliphatic heterocycles. The highest BCUT2D eigenvalue weighted by molar-refractivity contribution is 5.82. The molecule has 0 bridgehead atoms.